The van der Waals surface area contributed by atoms with Crippen molar-refractivity contribution in [3.8, 4) is 5.69 Å². The molecule has 1 aliphatic carbocycles. The van der Waals surface area contributed by atoms with Gasteiger partial charge in [0.05, 0.1) is 11.8 Å². The first-order valence-electron chi connectivity index (χ1n) is 11.7. The molecule has 5 rings (SSSR count). The summed E-state index contributed by atoms with van der Waals surface area (Å²) >= 11 is 0. The SMILES string of the molecule is O=C1N(C2CCCCC2)CCC12C[C@@H](O)CN2Cc1ccc(-n2ccc(C(F)(F)F)n2)cc1. The molecule has 3 aliphatic rings. The highest BCUT2D eigenvalue weighted by Crippen LogP contribution is 2.42. The van der Waals surface area contributed by atoms with Crippen LogP contribution in [0.1, 0.15) is 56.2 Å². The number of likely N-dealkylation sites (tertiary alicyclic amines) is 2. The van der Waals surface area contributed by atoms with Crippen LogP contribution in [0.2, 0.25) is 0 Å². The zero-order chi connectivity index (χ0) is 23.2. The molecule has 1 saturated carbocycles. The van der Waals surface area contributed by atoms with Crippen molar-refractivity contribution in [2.24, 2.45) is 0 Å². The maximum Gasteiger partial charge on any atom is 0.435 e. The third-order valence-electron chi connectivity index (χ3n) is 7.50. The molecule has 1 amide bonds. The van der Waals surface area contributed by atoms with E-state index in [0.29, 0.717) is 31.2 Å². The van der Waals surface area contributed by atoms with Crippen LogP contribution in [0, 0.1) is 0 Å². The smallest absolute Gasteiger partial charge is 0.392 e. The summed E-state index contributed by atoms with van der Waals surface area (Å²) in [7, 11) is 0. The van der Waals surface area contributed by atoms with Crippen LogP contribution in [-0.2, 0) is 17.5 Å². The van der Waals surface area contributed by atoms with Crippen molar-refractivity contribution in [3.63, 3.8) is 0 Å². The van der Waals surface area contributed by atoms with Gasteiger partial charge in [-0.2, -0.15) is 18.3 Å². The second-order valence-corrected chi connectivity index (χ2v) is 9.62. The molecule has 2 aliphatic heterocycles. The molecule has 0 radical (unpaired) electrons. The zero-order valence-electron chi connectivity index (χ0n) is 18.5. The van der Waals surface area contributed by atoms with Gasteiger partial charge in [0, 0.05) is 38.3 Å². The van der Waals surface area contributed by atoms with Crippen LogP contribution in [0.3, 0.4) is 0 Å². The summed E-state index contributed by atoms with van der Waals surface area (Å²) in [6.07, 6.45) is 3.17. The maximum atomic E-state index is 13.6. The minimum atomic E-state index is -4.48. The summed E-state index contributed by atoms with van der Waals surface area (Å²) in [6, 6.07) is 8.42. The quantitative estimate of drug-likeness (QED) is 0.752. The van der Waals surface area contributed by atoms with Gasteiger partial charge in [-0.15, -0.1) is 0 Å². The van der Waals surface area contributed by atoms with Crippen molar-refractivity contribution in [1.82, 2.24) is 19.6 Å². The standard InChI is InChI=1S/C24H29F3N4O2/c25-24(26,27)21-10-12-31(28-21)19-8-6-17(7-9-19)15-29-16-20(32)14-23(29)11-13-30(22(23)33)18-4-2-1-3-5-18/h6-10,12,18,20,32H,1-5,11,13-16H2/t20-,23?/m1/s1. The lowest BCUT2D eigenvalue weighted by Gasteiger charge is -2.36. The van der Waals surface area contributed by atoms with Crippen LogP contribution < -0.4 is 0 Å². The second-order valence-electron chi connectivity index (χ2n) is 9.62. The minimum absolute atomic E-state index is 0.152. The summed E-state index contributed by atoms with van der Waals surface area (Å²) < 4.78 is 39.7. The fourth-order valence-corrected chi connectivity index (χ4v) is 5.83. The fourth-order valence-electron chi connectivity index (χ4n) is 5.83. The van der Waals surface area contributed by atoms with Gasteiger partial charge in [-0.05, 0) is 43.0 Å². The van der Waals surface area contributed by atoms with E-state index in [1.54, 1.807) is 12.1 Å². The predicted molar refractivity (Wildman–Crippen MR) is 116 cm³/mol. The lowest BCUT2D eigenvalue weighted by Crippen LogP contribution is -2.51. The average Bonchev–Trinajstić information content (AvgIpc) is 3.49. The Morgan fingerprint density at radius 3 is 2.48 bits per heavy atom. The zero-order valence-corrected chi connectivity index (χ0v) is 18.5. The van der Waals surface area contributed by atoms with Crippen molar-refractivity contribution in [2.75, 3.05) is 13.1 Å². The van der Waals surface area contributed by atoms with Crippen molar-refractivity contribution < 1.29 is 23.1 Å². The number of aliphatic hydroxyl groups excluding tert-OH is 1. The summed E-state index contributed by atoms with van der Waals surface area (Å²) in [4.78, 5) is 17.7. The highest BCUT2D eigenvalue weighted by atomic mass is 19.4. The molecule has 3 heterocycles. The number of halogens is 3. The van der Waals surface area contributed by atoms with Crippen molar-refractivity contribution >= 4 is 5.91 Å². The number of alkyl halides is 3. The lowest BCUT2D eigenvalue weighted by molar-refractivity contribution is -0.141. The van der Waals surface area contributed by atoms with E-state index in [4.69, 9.17) is 0 Å². The number of rotatable bonds is 4. The maximum absolute atomic E-state index is 13.6. The van der Waals surface area contributed by atoms with Gasteiger partial charge >= 0.3 is 6.18 Å². The van der Waals surface area contributed by atoms with Crippen LogP contribution in [0.4, 0.5) is 13.2 Å². The van der Waals surface area contributed by atoms with Crippen molar-refractivity contribution in [1.29, 1.82) is 0 Å². The number of benzene rings is 1. The number of hydrogen-bond acceptors (Lipinski definition) is 4. The number of amides is 1. The number of aromatic nitrogens is 2. The highest BCUT2D eigenvalue weighted by Gasteiger charge is 2.56. The monoisotopic (exact) mass is 462 g/mol. The molecule has 6 nitrogen and oxygen atoms in total. The Morgan fingerprint density at radius 2 is 1.82 bits per heavy atom. The third kappa shape index (κ3) is 4.17. The Balaban J connectivity index is 1.31. The van der Waals surface area contributed by atoms with Gasteiger partial charge in [-0.25, -0.2) is 4.68 Å². The van der Waals surface area contributed by atoms with E-state index in [9.17, 15) is 23.1 Å². The average molecular weight is 463 g/mol. The van der Waals surface area contributed by atoms with Gasteiger partial charge in [0.2, 0.25) is 5.91 Å². The molecule has 2 aromatic rings. The van der Waals surface area contributed by atoms with E-state index >= 15 is 0 Å². The van der Waals surface area contributed by atoms with Gasteiger partial charge in [0.1, 0.15) is 5.54 Å². The molecule has 1 aromatic heterocycles. The number of nitrogens with zero attached hydrogens (tertiary/aromatic N) is 4. The van der Waals surface area contributed by atoms with Crippen LogP contribution in [0.5, 0.6) is 0 Å². The predicted octanol–water partition coefficient (Wildman–Crippen LogP) is 3.76. The van der Waals surface area contributed by atoms with Crippen LogP contribution in [0.15, 0.2) is 36.5 Å². The Hall–Kier alpha value is -2.39. The Bertz CT molecular complexity index is 1000. The van der Waals surface area contributed by atoms with Crippen LogP contribution >= 0.6 is 0 Å². The van der Waals surface area contributed by atoms with Gasteiger partial charge in [-0.3, -0.25) is 9.69 Å². The second kappa shape index (κ2) is 8.43. The molecular weight excluding hydrogens is 433 g/mol. The summed E-state index contributed by atoms with van der Waals surface area (Å²) in [5.41, 5.74) is -0.105. The Labute approximate surface area is 191 Å². The van der Waals surface area contributed by atoms with Crippen LogP contribution in [0.25, 0.3) is 5.69 Å². The van der Waals surface area contributed by atoms with Gasteiger partial charge in [0.15, 0.2) is 5.69 Å². The Morgan fingerprint density at radius 1 is 1.09 bits per heavy atom. The van der Waals surface area contributed by atoms with Gasteiger partial charge in [0.25, 0.3) is 0 Å². The topological polar surface area (TPSA) is 61.6 Å². The van der Waals surface area contributed by atoms with Gasteiger partial charge in [-0.1, -0.05) is 31.4 Å². The molecule has 33 heavy (non-hydrogen) atoms. The molecule has 3 fully saturated rings. The first-order chi connectivity index (χ1) is 15.8. The van der Waals surface area contributed by atoms with E-state index in [1.165, 1.54) is 30.1 Å². The summed E-state index contributed by atoms with van der Waals surface area (Å²) in [5, 5.41) is 14.1. The number of hydrogen-bond donors (Lipinski definition) is 1. The van der Waals surface area contributed by atoms with E-state index in [0.717, 1.165) is 37.4 Å². The normalized spacial score (nSPS) is 27.2. The number of aliphatic hydroxyl groups is 1. The molecule has 1 unspecified atom stereocenters. The fraction of sp³-hybridized carbons (Fsp3) is 0.583. The highest BCUT2D eigenvalue weighted by molar-refractivity contribution is 5.89. The molecule has 178 valence electrons. The van der Waals surface area contributed by atoms with Crippen molar-refractivity contribution in [3.05, 3.63) is 47.8 Å². The summed E-state index contributed by atoms with van der Waals surface area (Å²) in [5.74, 6) is 0.152. The molecule has 2 saturated heterocycles. The van der Waals surface area contributed by atoms with E-state index < -0.39 is 23.5 Å². The number of carbonyl (C=O) groups excluding carboxylic acids is 1. The Kier molecular flexibility index (Phi) is 5.73. The third-order valence-corrected chi connectivity index (χ3v) is 7.50. The van der Waals surface area contributed by atoms with E-state index in [1.807, 2.05) is 12.1 Å². The molecule has 1 aromatic carbocycles. The first-order valence-corrected chi connectivity index (χ1v) is 11.7. The number of carbonyl (C=O) groups is 1. The lowest BCUT2D eigenvalue weighted by atomic mass is 9.91. The molecule has 1 N–H and O–H groups in total. The minimum Gasteiger partial charge on any atom is -0.392 e. The van der Waals surface area contributed by atoms with Crippen molar-refractivity contribution in [2.45, 2.75) is 75.4 Å². The van der Waals surface area contributed by atoms with E-state index in [-0.39, 0.29) is 5.91 Å². The van der Waals surface area contributed by atoms with Gasteiger partial charge < -0.3 is 10.0 Å². The number of β-amino-alcohol motifs (C(OH)–C–C–N with tert-alkyl or cyclic N) is 1. The van der Waals surface area contributed by atoms with Crippen LogP contribution in [-0.4, -0.2) is 61.4 Å². The molecule has 9 heteroatoms. The first kappa shape index (κ1) is 22.4. The van der Waals surface area contributed by atoms with E-state index in [2.05, 4.69) is 14.9 Å². The largest absolute Gasteiger partial charge is 0.435 e. The molecule has 0 bridgehead atoms. The molecule has 2 atom stereocenters. The summed E-state index contributed by atoms with van der Waals surface area (Å²) in [6.45, 7) is 1.70. The molecular formula is C24H29F3N4O2. The molecule has 1 spiro atoms.